The van der Waals surface area contributed by atoms with Gasteiger partial charge in [-0.15, -0.1) is 0 Å². The van der Waals surface area contributed by atoms with Crippen molar-refractivity contribution in [3.63, 3.8) is 0 Å². The minimum Gasteiger partial charge on any atom is -0.390 e. The lowest BCUT2D eigenvalue weighted by Gasteiger charge is -2.48. The normalized spacial score (nSPS) is 23.5. The van der Waals surface area contributed by atoms with Gasteiger partial charge in [-0.25, -0.2) is 18.4 Å². The Morgan fingerprint density at radius 2 is 1.91 bits per heavy atom. The van der Waals surface area contributed by atoms with Crippen molar-refractivity contribution >= 4 is 49.8 Å². The molecule has 0 bridgehead atoms. The highest BCUT2D eigenvalue weighted by molar-refractivity contribution is 7.90. The first kappa shape index (κ1) is 31.2. The van der Waals surface area contributed by atoms with Gasteiger partial charge in [0.2, 0.25) is 11.9 Å². The second-order valence-electron chi connectivity index (χ2n) is 13.1. The number of aromatic nitrogens is 3. The quantitative estimate of drug-likeness (QED) is 0.348. The van der Waals surface area contributed by atoms with E-state index in [1.54, 1.807) is 6.20 Å². The number of sulfone groups is 1. The first-order valence-electron chi connectivity index (χ1n) is 15.8. The minimum atomic E-state index is -3.07. The number of rotatable bonds is 8. The minimum absolute atomic E-state index is 0.0676. The number of carbonyl (C=O) groups excluding carboxylic acids is 1. The van der Waals surface area contributed by atoms with E-state index in [0.717, 1.165) is 41.3 Å². The predicted octanol–water partition coefficient (Wildman–Crippen LogP) is 4.23. The summed E-state index contributed by atoms with van der Waals surface area (Å²) in [6, 6.07) is 8.02. The van der Waals surface area contributed by atoms with Crippen LogP contribution in [0.4, 0.5) is 23.3 Å². The fourth-order valence-electron chi connectivity index (χ4n) is 6.97. The maximum absolute atomic E-state index is 12.9. The zero-order chi connectivity index (χ0) is 31.9. The van der Waals surface area contributed by atoms with Crippen LogP contribution in [0.3, 0.4) is 0 Å². The molecular weight excluding hydrogens is 590 g/mol. The van der Waals surface area contributed by atoms with Gasteiger partial charge in [0.1, 0.15) is 21.5 Å². The summed E-state index contributed by atoms with van der Waals surface area (Å²) in [4.78, 5) is 33.2. The summed E-state index contributed by atoms with van der Waals surface area (Å²) >= 11 is 0. The van der Waals surface area contributed by atoms with Crippen LogP contribution in [0.25, 0.3) is 10.8 Å². The average molecular weight is 634 g/mol. The van der Waals surface area contributed by atoms with Crippen LogP contribution < -0.4 is 15.1 Å². The van der Waals surface area contributed by atoms with Crippen molar-refractivity contribution in [2.75, 3.05) is 53.3 Å². The second-order valence-corrected chi connectivity index (χ2v) is 15.3. The molecule has 0 spiro atoms. The molecule has 3 aliphatic heterocycles. The zero-order valence-corrected chi connectivity index (χ0v) is 27.1. The molecule has 1 amide bonds. The van der Waals surface area contributed by atoms with Crippen LogP contribution in [0, 0.1) is 5.92 Å². The highest BCUT2D eigenvalue weighted by atomic mass is 32.2. The summed E-state index contributed by atoms with van der Waals surface area (Å²) in [5.41, 5.74) is 1.40. The summed E-state index contributed by atoms with van der Waals surface area (Å²) in [6.45, 7) is 10.4. The molecule has 3 aliphatic rings. The van der Waals surface area contributed by atoms with Gasteiger partial charge < -0.3 is 25.1 Å². The van der Waals surface area contributed by atoms with Crippen molar-refractivity contribution in [1.82, 2.24) is 19.9 Å². The third-order valence-electron chi connectivity index (χ3n) is 9.68. The van der Waals surface area contributed by atoms with Crippen molar-refractivity contribution < 1.29 is 18.3 Å². The van der Waals surface area contributed by atoms with Gasteiger partial charge in [-0.3, -0.25) is 4.79 Å². The molecule has 3 atom stereocenters. The Balaban J connectivity index is 1.35. The number of hydrogen-bond acceptors (Lipinski definition) is 10. The number of pyridine rings is 1. The Kier molecular flexibility index (Phi) is 8.47. The third-order valence-corrected chi connectivity index (χ3v) is 10.7. The van der Waals surface area contributed by atoms with Crippen molar-refractivity contribution in [2.45, 2.75) is 63.6 Å². The summed E-state index contributed by atoms with van der Waals surface area (Å²) in [6.07, 6.45) is 10.4. The molecule has 0 radical (unpaired) electrons. The van der Waals surface area contributed by atoms with Crippen LogP contribution in [-0.2, 0) is 14.6 Å². The number of hydrogen-bond donors (Lipinski definition) is 2. The highest BCUT2D eigenvalue weighted by Crippen LogP contribution is 2.42. The molecular formula is C33H43N7O4S. The van der Waals surface area contributed by atoms with Crippen LogP contribution >= 0.6 is 0 Å². The lowest BCUT2D eigenvalue weighted by atomic mass is 9.87. The van der Waals surface area contributed by atoms with Crippen LogP contribution in [0.1, 0.15) is 57.6 Å². The Labute approximate surface area is 265 Å². The number of piperidine rings is 2. The third kappa shape index (κ3) is 6.62. The molecule has 3 saturated heterocycles. The number of nitrogens with one attached hydrogen (secondary N) is 1. The van der Waals surface area contributed by atoms with E-state index in [1.165, 1.54) is 12.3 Å². The Morgan fingerprint density at radius 3 is 2.62 bits per heavy atom. The van der Waals surface area contributed by atoms with Crippen LogP contribution in [0.5, 0.6) is 0 Å². The monoisotopic (exact) mass is 633 g/mol. The summed E-state index contributed by atoms with van der Waals surface area (Å²) in [5.74, 6) is 2.01. The largest absolute Gasteiger partial charge is 0.390 e. The first-order valence-corrected chi connectivity index (χ1v) is 17.9. The van der Waals surface area contributed by atoms with E-state index in [-0.39, 0.29) is 29.7 Å². The number of anilines is 4. The smallest absolute Gasteiger partial charge is 0.246 e. The molecule has 3 aromatic rings. The number of aliphatic hydroxyl groups is 1. The van der Waals surface area contributed by atoms with Crippen molar-refractivity contribution in [1.29, 1.82) is 0 Å². The van der Waals surface area contributed by atoms with Crippen LogP contribution in [-0.4, -0.2) is 89.1 Å². The maximum atomic E-state index is 12.9. The summed E-state index contributed by atoms with van der Waals surface area (Å²) in [5, 5.41) is 15.7. The molecule has 1 aromatic carbocycles. The maximum Gasteiger partial charge on any atom is 0.246 e. The molecule has 0 aliphatic carbocycles. The SMILES string of the molecule is C=CC(=O)N1CCCC[C@@H]1c1ccc(N2C[C@H](CS(C)(=O)=O)[C@H]2C)c2cnc(Nc3ccnc(N4CCC(C)(O)CC4)n3)cc12. The molecule has 0 unspecified atom stereocenters. The van der Waals surface area contributed by atoms with Gasteiger partial charge in [0.05, 0.1) is 17.4 Å². The molecule has 6 rings (SSSR count). The van der Waals surface area contributed by atoms with Crippen molar-refractivity contribution in [3.8, 4) is 0 Å². The van der Waals surface area contributed by atoms with Gasteiger partial charge in [0.15, 0.2) is 0 Å². The van der Waals surface area contributed by atoms with Crippen molar-refractivity contribution in [3.05, 3.63) is 54.9 Å². The lowest BCUT2D eigenvalue weighted by molar-refractivity contribution is -0.129. The summed E-state index contributed by atoms with van der Waals surface area (Å²) in [7, 11) is -3.07. The van der Waals surface area contributed by atoms with Gasteiger partial charge in [-0.1, -0.05) is 12.6 Å². The molecule has 2 aromatic heterocycles. The van der Waals surface area contributed by atoms with Gasteiger partial charge in [-0.05, 0) is 81.2 Å². The lowest BCUT2D eigenvalue weighted by Crippen LogP contribution is -2.57. The molecule has 45 heavy (non-hydrogen) atoms. The topological polar surface area (TPSA) is 132 Å². The highest BCUT2D eigenvalue weighted by Gasteiger charge is 2.39. The van der Waals surface area contributed by atoms with Gasteiger partial charge in [0.25, 0.3) is 0 Å². The molecule has 11 nitrogen and oxygen atoms in total. The Morgan fingerprint density at radius 1 is 1.13 bits per heavy atom. The number of fused-ring (bicyclic) bond motifs is 1. The molecule has 0 saturated carbocycles. The Bertz CT molecular complexity index is 1700. The number of carbonyl (C=O) groups is 1. The van der Waals surface area contributed by atoms with Crippen LogP contribution in [0.15, 0.2) is 49.3 Å². The van der Waals surface area contributed by atoms with E-state index in [2.05, 4.69) is 45.7 Å². The van der Waals surface area contributed by atoms with E-state index >= 15 is 0 Å². The van der Waals surface area contributed by atoms with E-state index in [1.807, 2.05) is 30.2 Å². The second kappa shape index (κ2) is 12.2. The fraction of sp³-hybridized carbons (Fsp3) is 0.515. The number of benzene rings is 1. The Hall–Kier alpha value is -3.77. The summed E-state index contributed by atoms with van der Waals surface area (Å²) < 4.78 is 24.0. The molecule has 240 valence electrons. The number of amides is 1. The predicted molar refractivity (Wildman–Crippen MR) is 178 cm³/mol. The van der Waals surface area contributed by atoms with Gasteiger partial charge in [-0.2, -0.15) is 4.98 Å². The number of nitrogens with zero attached hydrogens (tertiary/aromatic N) is 6. The van der Waals surface area contributed by atoms with Gasteiger partial charge in [0, 0.05) is 67.9 Å². The molecule has 5 heterocycles. The molecule has 12 heteroatoms. The van der Waals surface area contributed by atoms with E-state index in [0.29, 0.717) is 56.6 Å². The fourth-order valence-corrected chi connectivity index (χ4v) is 8.13. The number of likely N-dealkylation sites (tertiary alicyclic amines) is 1. The van der Waals surface area contributed by atoms with Crippen LogP contribution in [0.2, 0.25) is 0 Å². The average Bonchev–Trinajstić information content (AvgIpc) is 3.01. The zero-order valence-electron chi connectivity index (χ0n) is 26.3. The van der Waals surface area contributed by atoms with E-state index < -0.39 is 15.4 Å². The first-order chi connectivity index (χ1) is 21.4. The van der Waals surface area contributed by atoms with Crippen molar-refractivity contribution in [2.24, 2.45) is 5.92 Å². The standard InChI is InChI=1S/C33H43N7O4S/c1-5-31(41)39-15-7-6-8-27(39)24-9-10-28(40-20-23(22(40)2)21-45(4,43)44)26-19-35-30(18-25(24)26)36-29-11-14-34-32(37-29)38-16-12-33(3,42)13-17-38/h5,9-11,14,18-19,22-23,27,42H,1,6-8,12-13,15-17,20-21H2,2-4H3,(H,34,35,36,37)/t22-,23-,27-/m1/s1. The molecule has 2 N–H and O–H groups in total. The van der Waals surface area contributed by atoms with E-state index in [9.17, 15) is 18.3 Å². The van der Waals surface area contributed by atoms with E-state index in [4.69, 9.17) is 9.97 Å². The molecule has 3 fully saturated rings. The van der Waals surface area contributed by atoms with Gasteiger partial charge >= 0.3 is 0 Å².